The fraction of sp³-hybridized carbons (Fsp3) is 0.111. The maximum absolute atomic E-state index is 11.8. The third-order valence-electron chi connectivity index (χ3n) is 3.35. The Morgan fingerprint density at radius 3 is 2.17 bits per heavy atom. The van der Waals surface area contributed by atoms with Crippen LogP contribution in [0.5, 0.6) is 0 Å². The van der Waals surface area contributed by atoms with Crippen LogP contribution < -0.4 is 11.1 Å². The molecule has 1 atom stereocenters. The minimum atomic E-state index is -0.570. The summed E-state index contributed by atoms with van der Waals surface area (Å²) in [7, 11) is 0. The molecule has 2 aromatic carbocycles. The van der Waals surface area contributed by atoms with Crippen molar-refractivity contribution in [2.75, 3.05) is 5.32 Å². The Labute approximate surface area is 139 Å². The van der Waals surface area contributed by atoms with E-state index in [2.05, 4.69) is 10.3 Å². The molecular weight excluding hydrogens is 306 g/mol. The molecule has 4 nitrogen and oxygen atoms in total. The Balaban J connectivity index is 2.06. The van der Waals surface area contributed by atoms with Crippen LogP contribution in [0.1, 0.15) is 6.92 Å². The van der Waals surface area contributed by atoms with Crippen molar-refractivity contribution in [1.29, 1.82) is 0 Å². The SMILES string of the molecule is C[C@H](N)C(=O)Nc1nc(-c2ccccc2)c(-c2ccccc2)s1. The fourth-order valence-electron chi connectivity index (χ4n) is 2.17. The molecule has 0 saturated heterocycles. The second-order valence-electron chi connectivity index (χ2n) is 5.21. The van der Waals surface area contributed by atoms with Crippen molar-refractivity contribution < 1.29 is 4.79 Å². The van der Waals surface area contributed by atoms with Crippen molar-refractivity contribution in [2.24, 2.45) is 5.73 Å². The van der Waals surface area contributed by atoms with Crippen molar-refractivity contribution in [3.05, 3.63) is 60.7 Å². The van der Waals surface area contributed by atoms with E-state index >= 15 is 0 Å². The molecule has 1 heterocycles. The largest absolute Gasteiger partial charge is 0.320 e. The third-order valence-corrected chi connectivity index (χ3v) is 4.37. The molecule has 0 radical (unpaired) electrons. The Kier molecular flexibility index (Phi) is 4.50. The summed E-state index contributed by atoms with van der Waals surface area (Å²) in [5, 5.41) is 3.35. The molecule has 0 fully saturated rings. The number of hydrogen-bond acceptors (Lipinski definition) is 4. The molecule has 3 rings (SSSR count). The lowest BCUT2D eigenvalue weighted by molar-refractivity contribution is -0.117. The molecule has 0 aliphatic heterocycles. The van der Waals surface area contributed by atoms with E-state index in [0.29, 0.717) is 5.13 Å². The van der Waals surface area contributed by atoms with Gasteiger partial charge in [0, 0.05) is 5.56 Å². The van der Waals surface area contributed by atoms with Gasteiger partial charge in [0.1, 0.15) is 0 Å². The summed E-state index contributed by atoms with van der Waals surface area (Å²) in [6.07, 6.45) is 0. The molecule has 3 aromatic rings. The zero-order valence-electron chi connectivity index (χ0n) is 12.7. The standard InChI is InChI=1S/C18H17N3OS/c1-12(19)17(22)21-18-20-15(13-8-4-2-5-9-13)16(23-18)14-10-6-3-7-11-14/h2-12H,19H2,1H3,(H,20,21,22)/t12-/m0/s1. The zero-order valence-corrected chi connectivity index (χ0v) is 13.5. The van der Waals surface area contributed by atoms with Crippen molar-refractivity contribution in [2.45, 2.75) is 13.0 Å². The Bertz CT molecular complexity index is 741. The normalized spacial score (nSPS) is 11.9. The molecule has 0 saturated carbocycles. The van der Waals surface area contributed by atoms with Crippen LogP contribution in [-0.4, -0.2) is 16.9 Å². The number of rotatable bonds is 4. The van der Waals surface area contributed by atoms with Gasteiger partial charge in [-0.15, -0.1) is 0 Å². The molecule has 0 unspecified atom stereocenters. The van der Waals surface area contributed by atoms with Gasteiger partial charge in [-0.25, -0.2) is 4.98 Å². The van der Waals surface area contributed by atoms with Gasteiger partial charge in [0.25, 0.3) is 0 Å². The summed E-state index contributed by atoms with van der Waals surface area (Å²) in [4.78, 5) is 17.5. The van der Waals surface area contributed by atoms with E-state index in [9.17, 15) is 4.79 Å². The molecule has 5 heteroatoms. The Morgan fingerprint density at radius 1 is 1.04 bits per heavy atom. The number of nitrogens with one attached hydrogen (secondary N) is 1. The van der Waals surface area contributed by atoms with E-state index in [1.807, 2.05) is 60.7 Å². The van der Waals surface area contributed by atoms with E-state index in [4.69, 9.17) is 5.73 Å². The summed E-state index contributed by atoms with van der Waals surface area (Å²) in [6, 6.07) is 19.4. The molecular formula is C18H17N3OS. The summed E-state index contributed by atoms with van der Waals surface area (Å²) in [6.45, 7) is 1.65. The molecule has 1 aromatic heterocycles. The van der Waals surface area contributed by atoms with E-state index < -0.39 is 6.04 Å². The summed E-state index contributed by atoms with van der Waals surface area (Å²) in [5.41, 5.74) is 8.57. The highest BCUT2D eigenvalue weighted by Gasteiger charge is 2.17. The fourth-order valence-corrected chi connectivity index (χ4v) is 3.17. The summed E-state index contributed by atoms with van der Waals surface area (Å²) >= 11 is 1.45. The smallest absolute Gasteiger partial charge is 0.242 e. The number of carbonyl (C=O) groups is 1. The van der Waals surface area contributed by atoms with Crippen LogP contribution in [-0.2, 0) is 4.79 Å². The Morgan fingerprint density at radius 2 is 1.61 bits per heavy atom. The molecule has 0 bridgehead atoms. The number of nitrogens with zero attached hydrogens (tertiary/aromatic N) is 1. The van der Waals surface area contributed by atoms with Crippen molar-refractivity contribution >= 4 is 22.4 Å². The molecule has 1 amide bonds. The average Bonchev–Trinajstić information content (AvgIpc) is 3.00. The van der Waals surface area contributed by atoms with Crippen LogP contribution in [0.4, 0.5) is 5.13 Å². The number of carbonyl (C=O) groups excluding carboxylic acids is 1. The zero-order chi connectivity index (χ0) is 16.2. The molecule has 3 N–H and O–H groups in total. The minimum Gasteiger partial charge on any atom is -0.320 e. The van der Waals surface area contributed by atoms with Crippen LogP contribution in [0.25, 0.3) is 21.7 Å². The van der Waals surface area contributed by atoms with E-state index in [1.165, 1.54) is 11.3 Å². The maximum Gasteiger partial charge on any atom is 0.242 e. The highest BCUT2D eigenvalue weighted by molar-refractivity contribution is 7.19. The van der Waals surface area contributed by atoms with Crippen molar-refractivity contribution in [3.63, 3.8) is 0 Å². The first-order valence-corrected chi connectivity index (χ1v) is 8.15. The lowest BCUT2D eigenvalue weighted by Gasteiger charge is -2.03. The number of aromatic nitrogens is 1. The average molecular weight is 323 g/mol. The molecule has 0 aliphatic carbocycles. The van der Waals surface area contributed by atoms with E-state index in [-0.39, 0.29) is 5.91 Å². The molecule has 0 spiro atoms. The van der Waals surface area contributed by atoms with Crippen LogP contribution in [0.3, 0.4) is 0 Å². The first-order chi connectivity index (χ1) is 11.1. The molecule has 0 aliphatic rings. The van der Waals surface area contributed by atoms with Gasteiger partial charge in [-0.3, -0.25) is 4.79 Å². The maximum atomic E-state index is 11.8. The minimum absolute atomic E-state index is 0.238. The number of benzene rings is 2. The quantitative estimate of drug-likeness (QED) is 0.768. The van der Waals surface area contributed by atoms with Gasteiger partial charge in [-0.2, -0.15) is 0 Å². The van der Waals surface area contributed by atoms with Gasteiger partial charge in [0.05, 0.1) is 16.6 Å². The first kappa shape index (κ1) is 15.4. The van der Waals surface area contributed by atoms with Gasteiger partial charge < -0.3 is 11.1 Å². The topological polar surface area (TPSA) is 68.0 Å². The van der Waals surface area contributed by atoms with Gasteiger partial charge in [-0.05, 0) is 12.5 Å². The van der Waals surface area contributed by atoms with E-state index in [1.54, 1.807) is 6.92 Å². The van der Waals surface area contributed by atoms with E-state index in [0.717, 1.165) is 21.7 Å². The predicted octanol–water partition coefficient (Wildman–Crippen LogP) is 3.76. The van der Waals surface area contributed by atoms with Gasteiger partial charge >= 0.3 is 0 Å². The number of thiazole rings is 1. The molecule has 23 heavy (non-hydrogen) atoms. The highest BCUT2D eigenvalue weighted by Crippen LogP contribution is 2.38. The van der Waals surface area contributed by atoms with Gasteiger partial charge in [0.2, 0.25) is 5.91 Å². The van der Waals surface area contributed by atoms with Crippen LogP contribution in [0, 0.1) is 0 Å². The van der Waals surface area contributed by atoms with Crippen LogP contribution >= 0.6 is 11.3 Å². The number of amides is 1. The second kappa shape index (κ2) is 6.73. The highest BCUT2D eigenvalue weighted by atomic mass is 32.1. The van der Waals surface area contributed by atoms with Gasteiger partial charge in [0.15, 0.2) is 5.13 Å². The number of anilines is 1. The Hall–Kier alpha value is -2.50. The van der Waals surface area contributed by atoms with Crippen LogP contribution in [0.2, 0.25) is 0 Å². The van der Waals surface area contributed by atoms with Crippen molar-refractivity contribution in [1.82, 2.24) is 4.98 Å². The monoisotopic (exact) mass is 323 g/mol. The van der Waals surface area contributed by atoms with Crippen molar-refractivity contribution in [3.8, 4) is 21.7 Å². The summed E-state index contributed by atoms with van der Waals surface area (Å²) in [5.74, 6) is -0.238. The van der Waals surface area contributed by atoms with Crippen LogP contribution in [0.15, 0.2) is 60.7 Å². The number of nitrogens with two attached hydrogens (primary N) is 1. The summed E-state index contributed by atoms with van der Waals surface area (Å²) < 4.78 is 0. The van der Waals surface area contributed by atoms with Gasteiger partial charge in [-0.1, -0.05) is 72.0 Å². The lowest BCUT2D eigenvalue weighted by Crippen LogP contribution is -2.32. The second-order valence-corrected chi connectivity index (χ2v) is 6.21. The predicted molar refractivity (Wildman–Crippen MR) is 95.3 cm³/mol. The lowest BCUT2D eigenvalue weighted by atomic mass is 10.1. The first-order valence-electron chi connectivity index (χ1n) is 7.33. The third kappa shape index (κ3) is 3.47. The number of hydrogen-bond donors (Lipinski definition) is 2. The molecule has 116 valence electrons.